The van der Waals surface area contributed by atoms with Crippen LogP contribution in [0.3, 0.4) is 0 Å². The topological polar surface area (TPSA) is 168 Å². The van der Waals surface area contributed by atoms with Crippen LogP contribution in [-0.2, 0) is 24.5 Å². The Morgan fingerprint density at radius 3 is 2.30 bits per heavy atom. The maximum absolute atomic E-state index is 13.4. The summed E-state index contributed by atoms with van der Waals surface area (Å²) in [5.74, 6) is -1.03. The Morgan fingerprint density at radius 1 is 1.02 bits per heavy atom. The van der Waals surface area contributed by atoms with Crippen molar-refractivity contribution in [2.45, 2.75) is 103 Å². The van der Waals surface area contributed by atoms with E-state index in [4.69, 9.17) is 34.7 Å². The highest BCUT2D eigenvalue weighted by molar-refractivity contribution is 7.12. The van der Waals surface area contributed by atoms with Gasteiger partial charge in [0.1, 0.15) is 37.9 Å². The third-order valence-electron chi connectivity index (χ3n) is 7.67. The maximum Gasteiger partial charge on any atom is 0.413 e. The first-order valence-corrected chi connectivity index (χ1v) is 18.0. The van der Waals surface area contributed by atoms with E-state index in [1.165, 1.54) is 34.0 Å². The lowest BCUT2D eigenvalue weighted by atomic mass is 9.87. The molecule has 0 radical (unpaired) electrons. The quantitative estimate of drug-likeness (QED) is 0.204. The Morgan fingerprint density at radius 2 is 1.66 bits per heavy atom. The molecule has 1 saturated heterocycles. The summed E-state index contributed by atoms with van der Waals surface area (Å²) in [7, 11) is 0. The predicted molar refractivity (Wildman–Crippen MR) is 178 cm³/mol. The standard InChI is InChI=1S/C31H40N6O7S3/c1-9-41-25(38)19-14-45-23(34-19)17-11-12-31(36-17,27-35-20(15-47-27)26(39)42-10-2)22(32)18-13-46-24(33-18)21-16(3)43-30(7,8)37(21)28(40)44-29(4,5)6/h13-16,21-22H,9-12,32H2,1-8H3/t16-,21+,22+,31+/m1/s1. The number of rotatable bonds is 9. The highest BCUT2D eigenvalue weighted by Crippen LogP contribution is 2.49. The maximum atomic E-state index is 13.4. The Kier molecular flexibility index (Phi) is 9.91. The van der Waals surface area contributed by atoms with E-state index in [-0.39, 0.29) is 30.7 Å². The van der Waals surface area contributed by atoms with Crippen molar-refractivity contribution in [1.29, 1.82) is 0 Å². The summed E-state index contributed by atoms with van der Waals surface area (Å²) < 4.78 is 22.3. The van der Waals surface area contributed by atoms with Gasteiger partial charge in [-0.3, -0.25) is 9.89 Å². The summed E-state index contributed by atoms with van der Waals surface area (Å²) in [5, 5.41) is 6.91. The zero-order valence-electron chi connectivity index (χ0n) is 27.7. The minimum Gasteiger partial charge on any atom is -0.461 e. The zero-order chi connectivity index (χ0) is 34.3. The SMILES string of the molecule is CCOC(=O)c1csc(C2=N[C@](c3nc(C(=O)OCC)cs3)([C@@H](N)c3csc([C@@H]4[C@@H](C)OC(C)(C)N4C(=O)OC(C)(C)C)n3)CC2)n1. The van der Waals surface area contributed by atoms with Crippen molar-refractivity contribution in [3.8, 4) is 0 Å². The van der Waals surface area contributed by atoms with Crippen LogP contribution in [0.15, 0.2) is 21.1 Å². The van der Waals surface area contributed by atoms with E-state index in [1.807, 2.05) is 46.9 Å². The molecule has 3 aromatic heterocycles. The van der Waals surface area contributed by atoms with E-state index >= 15 is 0 Å². The summed E-state index contributed by atoms with van der Waals surface area (Å²) in [6.45, 7) is 14.9. The van der Waals surface area contributed by atoms with Crippen LogP contribution in [0.1, 0.15) is 122 Å². The Labute approximate surface area is 285 Å². The molecule has 13 nitrogen and oxygen atoms in total. The van der Waals surface area contributed by atoms with Crippen molar-refractivity contribution >= 4 is 57.8 Å². The third-order valence-corrected chi connectivity index (χ3v) is 10.5. The van der Waals surface area contributed by atoms with Crippen molar-refractivity contribution in [3.05, 3.63) is 48.2 Å². The lowest BCUT2D eigenvalue weighted by molar-refractivity contribution is -0.0757. The van der Waals surface area contributed by atoms with Crippen molar-refractivity contribution in [2.75, 3.05) is 13.2 Å². The molecule has 5 rings (SSSR count). The monoisotopic (exact) mass is 704 g/mol. The number of carbonyl (C=O) groups excluding carboxylic acids is 3. The van der Waals surface area contributed by atoms with E-state index in [2.05, 4.69) is 9.97 Å². The lowest BCUT2D eigenvalue weighted by Crippen LogP contribution is -2.47. The molecule has 5 heterocycles. The molecule has 16 heteroatoms. The number of ether oxygens (including phenoxy) is 4. The highest BCUT2D eigenvalue weighted by Gasteiger charge is 2.52. The minimum absolute atomic E-state index is 0.173. The predicted octanol–water partition coefficient (Wildman–Crippen LogP) is 6.02. The van der Waals surface area contributed by atoms with Gasteiger partial charge in [-0.25, -0.2) is 29.3 Å². The van der Waals surface area contributed by atoms with Crippen molar-refractivity contribution in [2.24, 2.45) is 10.7 Å². The number of nitrogens with zero attached hydrogens (tertiary/aromatic N) is 5. The Hall–Kier alpha value is -3.31. The number of aromatic nitrogens is 3. The number of nitrogens with two attached hydrogens (primary N) is 1. The van der Waals surface area contributed by atoms with Crippen molar-refractivity contribution in [3.63, 3.8) is 0 Å². The summed E-state index contributed by atoms with van der Waals surface area (Å²) in [4.78, 5) is 59.1. The summed E-state index contributed by atoms with van der Waals surface area (Å²) >= 11 is 3.95. The minimum atomic E-state index is -1.09. The summed E-state index contributed by atoms with van der Waals surface area (Å²) in [6.07, 6.45) is 0.0883. The van der Waals surface area contributed by atoms with Gasteiger partial charge in [-0.15, -0.1) is 34.0 Å². The summed E-state index contributed by atoms with van der Waals surface area (Å²) in [6, 6.07) is -1.30. The molecule has 254 valence electrons. The lowest BCUT2D eigenvalue weighted by Gasteiger charge is -2.34. The van der Waals surface area contributed by atoms with Crippen LogP contribution >= 0.6 is 34.0 Å². The number of carbonyl (C=O) groups is 3. The van der Waals surface area contributed by atoms with Gasteiger partial charge in [0, 0.05) is 16.1 Å². The fourth-order valence-electron chi connectivity index (χ4n) is 5.71. The molecule has 0 bridgehead atoms. The second-order valence-electron chi connectivity index (χ2n) is 12.7. The smallest absolute Gasteiger partial charge is 0.413 e. The van der Waals surface area contributed by atoms with Crippen LogP contribution in [0.25, 0.3) is 0 Å². The van der Waals surface area contributed by atoms with Gasteiger partial charge in [0.2, 0.25) is 0 Å². The van der Waals surface area contributed by atoms with Crippen molar-refractivity contribution < 1.29 is 33.3 Å². The molecule has 1 fully saturated rings. The number of aliphatic imine (C=N–C) groups is 1. The van der Waals surface area contributed by atoms with Gasteiger partial charge in [0.05, 0.1) is 36.8 Å². The average molecular weight is 705 g/mol. The Balaban J connectivity index is 1.53. The van der Waals surface area contributed by atoms with Crippen LogP contribution < -0.4 is 5.73 Å². The van der Waals surface area contributed by atoms with E-state index in [0.29, 0.717) is 39.3 Å². The first-order valence-electron chi connectivity index (χ1n) is 15.4. The van der Waals surface area contributed by atoms with Gasteiger partial charge in [-0.1, -0.05) is 0 Å². The van der Waals surface area contributed by atoms with Gasteiger partial charge < -0.3 is 24.7 Å². The second-order valence-corrected chi connectivity index (χ2v) is 15.3. The molecule has 0 saturated carbocycles. The van der Waals surface area contributed by atoms with Crippen LogP contribution in [0.4, 0.5) is 4.79 Å². The molecule has 0 unspecified atom stereocenters. The summed E-state index contributed by atoms with van der Waals surface area (Å²) in [5.41, 5.74) is 5.96. The number of esters is 2. The van der Waals surface area contributed by atoms with Crippen LogP contribution in [-0.4, -0.2) is 74.2 Å². The normalized spacial score (nSPS) is 23.0. The average Bonchev–Trinajstić information content (AvgIpc) is 3.81. The number of amides is 1. The Bertz CT molecular complexity index is 1670. The molecule has 2 N–H and O–H groups in total. The molecule has 2 aliphatic rings. The molecule has 4 atom stereocenters. The van der Waals surface area contributed by atoms with E-state index in [0.717, 1.165) is 0 Å². The van der Waals surface area contributed by atoms with Gasteiger partial charge in [0.25, 0.3) is 0 Å². The highest BCUT2D eigenvalue weighted by atomic mass is 32.1. The first-order chi connectivity index (χ1) is 22.1. The molecule has 1 amide bonds. The van der Waals surface area contributed by atoms with Crippen LogP contribution in [0.2, 0.25) is 0 Å². The molecule has 0 spiro atoms. The molecule has 2 aliphatic heterocycles. The van der Waals surface area contributed by atoms with E-state index < -0.39 is 47.0 Å². The molecular weight excluding hydrogens is 665 g/mol. The molecule has 0 aliphatic carbocycles. The third kappa shape index (κ3) is 6.97. The number of hydrogen-bond donors (Lipinski definition) is 1. The zero-order valence-corrected chi connectivity index (χ0v) is 30.1. The molecule has 47 heavy (non-hydrogen) atoms. The van der Waals surface area contributed by atoms with Gasteiger partial charge in [0.15, 0.2) is 11.4 Å². The fourth-order valence-corrected chi connectivity index (χ4v) is 8.55. The van der Waals surface area contributed by atoms with Crippen LogP contribution in [0, 0.1) is 0 Å². The second kappa shape index (κ2) is 13.3. The molecule has 3 aromatic rings. The van der Waals surface area contributed by atoms with Gasteiger partial charge >= 0.3 is 18.0 Å². The van der Waals surface area contributed by atoms with Crippen LogP contribution in [0.5, 0.6) is 0 Å². The van der Waals surface area contributed by atoms with E-state index in [9.17, 15) is 14.4 Å². The van der Waals surface area contributed by atoms with Crippen molar-refractivity contribution in [1.82, 2.24) is 19.9 Å². The van der Waals surface area contributed by atoms with E-state index in [1.54, 1.807) is 29.5 Å². The number of hydrogen-bond acceptors (Lipinski definition) is 15. The molecule has 0 aromatic carbocycles. The largest absolute Gasteiger partial charge is 0.461 e. The number of thiazole rings is 3. The fraction of sp³-hybridized carbons (Fsp3) is 0.581. The van der Waals surface area contributed by atoms with Gasteiger partial charge in [-0.05, 0) is 68.2 Å². The molecular formula is C31H40N6O7S3. The van der Waals surface area contributed by atoms with Gasteiger partial charge in [-0.2, -0.15) is 0 Å². The first kappa shape index (κ1) is 35.0.